The minimum absolute atomic E-state index is 0.236. The number of hydrogen-bond acceptors (Lipinski definition) is 3. The smallest absolute Gasteiger partial charge is 0.213 e. The van der Waals surface area contributed by atoms with Crippen molar-refractivity contribution in [1.29, 1.82) is 0 Å². The molecule has 90 valence electrons. The highest BCUT2D eigenvalue weighted by Crippen LogP contribution is 2.21. The molecule has 3 heteroatoms. The van der Waals surface area contributed by atoms with Gasteiger partial charge in [0.15, 0.2) is 0 Å². The van der Waals surface area contributed by atoms with Crippen molar-refractivity contribution in [2.75, 3.05) is 7.11 Å². The fourth-order valence-corrected chi connectivity index (χ4v) is 1.89. The summed E-state index contributed by atoms with van der Waals surface area (Å²) < 4.78 is 5.08. The van der Waals surface area contributed by atoms with Crippen LogP contribution in [0.25, 0.3) is 0 Å². The first-order valence-corrected chi connectivity index (χ1v) is 5.72. The third kappa shape index (κ3) is 3.49. The zero-order valence-corrected chi connectivity index (χ0v) is 10.5. The van der Waals surface area contributed by atoms with Crippen LogP contribution in [0.1, 0.15) is 26.5 Å². The van der Waals surface area contributed by atoms with E-state index in [2.05, 4.69) is 18.8 Å². The molecular weight excluding hydrogens is 202 g/mol. The Hall–Kier alpha value is -1.09. The number of aliphatic hydroxyl groups is 1. The number of hydrogen-bond donors (Lipinski definition) is 1. The predicted molar refractivity (Wildman–Crippen MR) is 64.5 cm³/mol. The van der Waals surface area contributed by atoms with Gasteiger partial charge in [0.05, 0.1) is 13.2 Å². The summed E-state index contributed by atoms with van der Waals surface area (Å²) in [5, 5.41) is 9.71. The third-order valence-electron chi connectivity index (χ3n) is 2.91. The van der Waals surface area contributed by atoms with Crippen LogP contribution in [0.15, 0.2) is 18.2 Å². The molecule has 0 bridgehead atoms. The van der Waals surface area contributed by atoms with E-state index < -0.39 is 0 Å². The van der Waals surface area contributed by atoms with E-state index in [9.17, 15) is 5.11 Å². The number of methoxy groups -OCH3 is 1. The Balaban J connectivity index is 2.77. The molecule has 1 N–H and O–H groups in total. The molecule has 1 heterocycles. The molecule has 0 aliphatic carbocycles. The van der Waals surface area contributed by atoms with Gasteiger partial charge < -0.3 is 9.84 Å². The van der Waals surface area contributed by atoms with Gasteiger partial charge in [-0.15, -0.1) is 0 Å². The summed E-state index contributed by atoms with van der Waals surface area (Å²) in [6.07, 6.45) is 0.472. The second-order valence-corrected chi connectivity index (χ2v) is 4.52. The van der Waals surface area contributed by atoms with Gasteiger partial charge in [0.25, 0.3) is 0 Å². The van der Waals surface area contributed by atoms with Crippen molar-refractivity contribution in [2.45, 2.75) is 33.3 Å². The highest BCUT2D eigenvalue weighted by Gasteiger charge is 2.20. The van der Waals surface area contributed by atoms with Gasteiger partial charge in [-0.05, 0) is 31.2 Å². The standard InChI is InChI=1S/C13H21NO2/c1-9(2)12(10(3)15)8-11-6-5-7-13(14-11)16-4/h5-7,9-10,12,15H,8H2,1-4H3. The quantitative estimate of drug-likeness (QED) is 0.832. The van der Waals surface area contributed by atoms with Crippen molar-refractivity contribution >= 4 is 0 Å². The molecule has 0 fully saturated rings. The summed E-state index contributed by atoms with van der Waals surface area (Å²) in [6, 6.07) is 5.73. The lowest BCUT2D eigenvalue weighted by Gasteiger charge is -2.23. The van der Waals surface area contributed by atoms with Crippen molar-refractivity contribution in [3.05, 3.63) is 23.9 Å². The van der Waals surface area contributed by atoms with Crippen LogP contribution in [0, 0.1) is 11.8 Å². The number of rotatable bonds is 5. The first kappa shape index (κ1) is 13.0. The molecular formula is C13H21NO2. The zero-order chi connectivity index (χ0) is 12.1. The maximum absolute atomic E-state index is 9.71. The number of ether oxygens (including phenoxy) is 1. The van der Waals surface area contributed by atoms with E-state index in [1.807, 2.05) is 25.1 Å². The molecule has 0 aliphatic heterocycles. The second-order valence-electron chi connectivity index (χ2n) is 4.52. The van der Waals surface area contributed by atoms with E-state index >= 15 is 0 Å². The molecule has 0 saturated carbocycles. The average molecular weight is 223 g/mol. The van der Waals surface area contributed by atoms with Crippen molar-refractivity contribution in [2.24, 2.45) is 11.8 Å². The molecule has 1 aromatic heterocycles. The molecule has 0 radical (unpaired) electrons. The lowest BCUT2D eigenvalue weighted by molar-refractivity contribution is 0.0969. The molecule has 0 amide bonds. The lowest BCUT2D eigenvalue weighted by Crippen LogP contribution is -2.24. The molecule has 3 nitrogen and oxygen atoms in total. The Bertz CT molecular complexity index is 315. The van der Waals surface area contributed by atoms with E-state index in [1.54, 1.807) is 7.11 Å². The molecule has 1 rings (SSSR count). The first-order valence-electron chi connectivity index (χ1n) is 5.72. The van der Waals surface area contributed by atoms with Gasteiger partial charge in [0.2, 0.25) is 5.88 Å². The molecule has 2 atom stereocenters. The number of aliphatic hydroxyl groups excluding tert-OH is 1. The van der Waals surface area contributed by atoms with Gasteiger partial charge in [0, 0.05) is 11.8 Å². The Morgan fingerprint density at radius 2 is 2.00 bits per heavy atom. The summed E-state index contributed by atoms with van der Waals surface area (Å²) in [4.78, 5) is 4.36. The van der Waals surface area contributed by atoms with Crippen LogP contribution in [-0.2, 0) is 6.42 Å². The third-order valence-corrected chi connectivity index (χ3v) is 2.91. The highest BCUT2D eigenvalue weighted by molar-refractivity contribution is 5.16. The maximum atomic E-state index is 9.71. The molecule has 0 aliphatic rings. The fourth-order valence-electron chi connectivity index (χ4n) is 1.89. The van der Waals surface area contributed by atoms with Crippen molar-refractivity contribution in [3.8, 4) is 5.88 Å². The summed E-state index contributed by atoms with van der Waals surface area (Å²) in [7, 11) is 1.61. The maximum Gasteiger partial charge on any atom is 0.213 e. The van der Waals surface area contributed by atoms with E-state index in [0.29, 0.717) is 11.8 Å². The number of nitrogens with zero attached hydrogens (tertiary/aromatic N) is 1. The normalized spacial score (nSPS) is 14.9. The van der Waals surface area contributed by atoms with Gasteiger partial charge >= 0.3 is 0 Å². The summed E-state index contributed by atoms with van der Waals surface area (Å²) >= 11 is 0. The SMILES string of the molecule is COc1cccc(CC(C(C)C)C(C)O)n1. The summed E-state index contributed by atoms with van der Waals surface area (Å²) in [5.41, 5.74) is 0.971. The van der Waals surface area contributed by atoms with Crippen LogP contribution < -0.4 is 4.74 Å². The number of aromatic nitrogens is 1. The van der Waals surface area contributed by atoms with E-state index in [1.165, 1.54) is 0 Å². The van der Waals surface area contributed by atoms with E-state index in [-0.39, 0.29) is 12.0 Å². The molecule has 0 aromatic carbocycles. The van der Waals surface area contributed by atoms with E-state index in [0.717, 1.165) is 12.1 Å². The van der Waals surface area contributed by atoms with Crippen LogP contribution in [0.2, 0.25) is 0 Å². The minimum atomic E-state index is -0.312. The van der Waals surface area contributed by atoms with Crippen LogP contribution in [0.3, 0.4) is 0 Å². The monoisotopic (exact) mass is 223 g/mol. The topological polar surface area (TPSA) is 42.4 Å². The summed E-state index contributed by atoms with van der Waals surface area (Å²) in [6.45, 7) is 6.08. The van der Waals surface area contributed by atoms with Crippen molar-refractivity contribution in [1.82, 2.24) is 4.98 Å². The Kier molecular flexibility index (Phi) is 4.74. The molecule has 0 saturated heterocycles. The molecule has 2 unspecified atom stereocenters. The Labute approximate surface area is 97.5 Å². The van der Waals surface area contributed by atoms with Gasteiger partial charge in [0.1, 0.15) is 0 Å². The largest absolute Gasteiger partial charge is 0.481 e. The zero-order valence-electron chi connectivity index (χ0n) is 10.5. The van der Waals surface area contributed by atoms with Crippen molar-refractivity contribution in [3.63, 3.8) is 0 Å². The first-order chi connectivity index (χ1) is 7.54. The Morgan fingerprint density at radius 1 is 1.31 bits per heavy atom. The molecule has 16 heavy (non-hydrogen) atoms. The van der Waals surface area contributed by atoms with Crippen LogP contribution in [0.5, 0.6) is 5.88 Å². The number of pyridine rings is 1. The second kappa shape index (κ2) is 5.85. The van der Waals surface area contributed by atoms with E-state index in [4.69, 9.17) is 4.74 Å². The average Bonchev–Trinajstić information content (AvgIpc) is 2.25. The van der Waals surface area contributed by atoms with Gasteiger partial charge in [-0.3, -0.25) is 0 Å². The van der Waals surface area contributed by atoms with Crippen LogP contribution >= 0.6 is 0 Å². The van der Waals surface area contributed by atoms with Gasteiger partial charge in [-0.25, -0.2) is 4.98 Å². The lowest BCUT2D eigenvalue weighted by atomic mass is 9.87. The van der Waals surface area contributed by atoms with Crippen LogP contribution in [-0.4, -0.2) is 23.3 Å². The Morgan fingerprint density at radius 3 is 2.50 bits per heavy atom. The summed E-state index contributed by atoms with van der Waals surface area (Å²) in [5.74, 6) is 1.30. The van der Waals surface area contributed by atoms with Gasteiger partial charge in [-0.1, -0.05) is 19.9 Å². The molecule has 0 spiro atoms. The predicted octanol–water partition coefficient (Wildman–Crippen LogP) is 2.29. The highest BCUT2D eigenvalue weighted by atomic mass is 16.5. The van der Waals surface area contributed by atoms with Crippen molar-refractivity contribution < 1.29 is 9.84 Å². The fraction of sp³-hybridized carbons (Fsp3) is 0.615. The minimum Gasteiger partial charge on any atom is -0.481 e. The van der Waals surface area contributed by atoms with Gasteiger partial charge in [-0.2, -0.15) is 0 Å². The van der Waals surface area contributed by atoms with Crippen LogP contribution in [0.4, 0.5) is 0 Å². The molecule has 1 aromatic rings.